The molecule has 2 aromatic carbocycles. The third kappa shape index (κ3) is 3.45. The van der Waals surface area contributed by atoms with Gasteiger partial charge < -0.3 is 20.6 Å². The highest BCUT2D eigenvalue weighted by Crippen LogP contribution is 2.21. The summed E-state index contributed by atoms with van der Waals surface area (Å²) in [5, 5.41) is 12.0. The van der Waals surface area contributed by atoms with E-state index in [0.717, 1.165) is 17.0 Å². The molecule has 0 saturated carbocycles. The van der Waals surface area contributed by atoms with E-state index >= 15 is 0 Å². The number of oxime groups is 1. The van der Waals surface area contributed by atoms with Gasteiger partial charge in [-0.1, -0.05) is 29.4 Å². The lowest BCUT2D eigenvalue weighted by molar-refractivity contribution is 0.318. The molecule has 0 radical (unpaired) electrons. The maximum atomic E-state index is 8.87. The summed E-state index contributed by atoms with van der Waals surface area (Å²) >= 11 is 0. The van der Waals surface area contributed by atoms with Gasteiger partial charge >= 0.3 is 0 Å². The second kappa shape index (κ2) is 6.65. The van der Waals surface area contributed by atoms with Gasteiger partial charge in [0.2, 0.25) is 0 Å². The van der Waals surface area contributed by atoms with Gasteiger partial charge in [0, 0.05) is 24.8 Å². The van der Waals surface area contributed by atoms with Crippen molar-refractivity contribution >= 4 is 11.5 Å². The number of nitrogens with two attached hydrogens (primary N) is 1. The summed E-state index contributed by atoms with van der Waals surface area (Å²) in [6.07, 6.45) is 0. The fraction of sp³-hybridized carbons (Fsp3) is 0.188. The molecule has 3 N–H and O–H groups in total. The van der Waals surface area contributed by atoms with Gasteiger partial charge in [0.25, 0.3) is 0 Å². The SMILES string of the molecule is COc1ccc(CN(C)c2ccccc2C(N)=NO)cc1. The molecule has 0 heterocycles. The Kier molecular flexibility index (Phi) is 4.66. The Labute approximate surface area is 124 Å². The zero-order chi connectivity index (χ0) is 15.2. The van der Waals surface area contributed by atoms with Crippen LogP contribution in [0.2, 0.25) is 0 Å². The molecule has 0 saturated heterocycles. The van der Waals surface area contributed by atoms with E-state index in [1.807, 2.05) is 55.6 Å². The first-order valence-corrected chi connectivity index (χ1v) is 6.56. The lowest BCUT2D eigenvalue weighted by Crippen LogP contribution is -2.22. The van der Waals surface area contributed by atoms with E-state index in [1.165, 1.54) is 0 Å². The van der Waals surface area contributed by atoms with Crippen LogP contribution in [0.25, 0.3) is 0 Å². The molecule has 0 bridgehead atoms. The number of methoxy groups -OCH3 is 1. The number of amidine groups is 1. The van der Waals surface area contributed by atoms with Crippen LogP contribution in [0.5, 0.6) is 5.75 Å². The molecular weight excluding hydrogens is 266 g/mol. The second-order valence-electron chi connectivity index (χ2n) is 4.71. The molecule has 21 heavy (non-hydrogen) atoms. The van der Waals surface area contributed by atoms with Gasteiger partial charge in [0.05, 0.1) is 7.11 Å². The van der Waals surface area contributed by atoms with Crippen LogP contribution in [0.4, 0.5) is 5.69 Å². The molecule has 5 nitrogen and oxygen atoms in total. The summed E-state index contributed by atoms with van der Waals surface area (Å²) in [5.74, 6) is 0.936. The predicted octanol–water partition coefficient (Wildman–Crippen LogP) is 2.43. The molecule has 0 fully saturated rings. The minimum absolute atomic E-state index is 0.104. The monoisotopic (exact) mass is 285 g/mol. The van der Waals surface area contributed by atoms with Crippen LogP contribution in [0.3, 0.4) is 0 Å². The van der Waals surface area contributed by atoms with Crippen molar-refractivity contribution in [3.8, 4) is 5.75 Å². The molecule has 2 rings (SSSR count). The Morgan fingerprint density at radius 3 is 2.48 bits per heavy atom. The van der Waals surface area contributed by atoms with Crippen molar-refractivity contribution in [1.82, 2.24) is 0 Å². The molecule has 0 aromatic heterocycles. The van der Waals surface area contributed by atoms with E-state index in [9.17, 15) is 0 Å². The fourth-order valence-electron chi connectivity index (χ4n) is 2.17. The van der Waals surface area contributed by atoms with Crippen LogP contribution >= 0.6 is 0 Å². The summed E-state index contributed by atoms with van der Waals surface area (Å²) in [4.78, 5) is 2.05. The zero-order valence-electron chi connectivity index (χ0n) is 12.2. The molecule has 2 aromatic rings. The van der Waals surface area contributed by atoms with Crippen molar-refractivity contribution in [2.75, 3.05) is 19.1 Å². The van der Waals surface area contributed by atoms with Crippen LogP contribution in [-0.4, -0.2) is 25.2 Å². The van der Waals surface area contributed by atoms with Crippen molar-refractivity contribution in [2.45, 2.75) is 6.54 Å². The van der Waals surface area contributed by atoms with Gasteiger partial charge in [-0.3, -0.25) is 0 Å². The van der Waals surface area contributed by atoms with E-state index in [0.29, 0.717) is 12.1 Å². The number of rotatable bonds is 5. The number of anilines is 1. The van der Waals surface area contributed by atoms with Crippen molar-refractivity contribution in [3.05, 3.63) is 59.7 Å². The van der Waals surface area contributed by atoms with Crippen molar-refractivity contribution in [1.29, 1.82) is 0 Å². The highest BCUT2D eigenvalue weighted by molar-refractivity contribution is 6.02. The minimum Gasteiger partial charge on any atom is -0.497 e. The van der Waals surface area contributed by atoms with Crippen LogP contribution in [0, 0.1) is 0 Å². The number of nitrogens with zero attached hydrogens (tertiary/aromatic N) is 2. The summed E-state index contributed by atoms with van der Waals surface area (Å²) in [6, 6.07) is 15.4. The van der Waals surface area contributed by atoms with Gasteiger partial charge in [0.15, 0.2) is 5.84 Å². The Morgan fingerprint density at radius 1 is 1.19 bits per heavy atom. The van der Waals surface area contributed by atoms with Crippen LogP contribution in [0.1, 0.15) is 11.1 Å². The Morgan fingerprint density at radius 2 is 1.86 bits per heavy atom. The normalized spacial score (nSPS) is 11.2. The maximum absolute atomic E-state index is 8.87. The van der Waals surface area contributed by atoms with Gasteiger partial charge in [-0.15, -0.1) is 0 Å². The van der Waals surface area contributed by atoms with Crippen molar-refractivity contribution < 1.29 is 9.94 Å². The Bertz CT molecular complexity index is 624. The molecule has 0 amide bonds. The molecule has 0 aliphatic rings. The number of hydrogen-bond donors (Lipinski definition) is 2. The molecule has 0 spiro atoms. The maximum Gasteiger partial charge on any atom is 0.172 e. The lowest BCUT2D eigenvalue weighted by Gasteiger charge is -2.22. The average Bonchev–Trinajstić information content (AvgIpc) is 2.54. The van der Waals surface area contributed by atoms with Crippen LogP contribution < -0.4 is 15.4 Å². The fourth-order valence-corrected chi connectivity index (χ4v) is 2.17. The van der Waals surface area contributed by atoms with Crippen LogP contribution in [-0.2, 0) is 6.54 Å². The van der Waals surface area contributed by atoms with Gasteiger partial charge in [-0.05, 0) is 29.8 Å². The summed E-state index contributed by atoms with van der Waals surface area (Å²) < 4.78 is 5.15. The van der Waals surface area contributed by atoms with E-state index in [4.69, 9.17) is 15.7 Å². The second-order valence-corrected chi connectivity index (χ2v) is 4.71. The molecule has 0 aliphatic heterocycles. The van der Waals surface area contributed by atoms with Crippen molar-refractivity contribution in [3.63, 3.8) is 0 Å². The average molecular weight is 285 g/mol. The Balaban J connectivity index is 2.21. The third-order valence-electron chi connectivity index (χ3n) is 3.28. The zero-order valence-corrected chi connectivity index (χ0v) is 12.2. The van der Waals surface area contributed by atoms with E-state index in [2.05, 4.69) is 10.1 Å². The molecule has 0 aliphatic carbocycles. The first-order valence-electron chi connectivity index (χ1n) is 6.56. The minimum atomic E-state index is 0.104. The largest absolute Gasteiger partial charge is 0.497 e. The highest BCUT2D eigenvalue weighted by Gasteiger charge is 2.10. The number of para-hydroxylation sites is 1. The molecule has 0 unspecified atom stereocenters. The standard InChI is InChI=1S/C16H19N3O2/c1-19(11-12-7-9-13(21-2)10-8-12)15-6-4-3-5-14(15)16(17)18-20/h3-10,20H,11H2,1-2H3,(H2,17,18). The van der Waals surface area contributed by atoms with Gasteiger partial charge in [-0.25, -0.2) is 0 Å². The number of ether oxygens (including phenoxy) is 1. The Hall–Kier alpha value is -2.69. The molecule has 0 atom stereocenters. The van der Waals surface area contributed by atoms with Gasteiger partial charge in [0.1, 0.15) is 5.75 Å². The number of benzene rings is 2. The third-order valence-corrected chi connectivity index (χ3v) is 3.28. The quantitative estimate of drug-likeness (QED) is 0.383. The molecule has 5 heteroatoms. The van der Waals surface area contributed by atoms with E-state index in [1.54, 1.807) is 7.11 Å². The highest BCUT2D eigenvalue weighted by atomic mass is 16.5. The predicted molar refractivity (Wildman–Crippen MR) is 84.1 cm³/mol. The van der Waals surface area contributed by atoms with Crippen LogP contribution in [0.15, 0.2) is 53.7 Å². The first kappa shape index (κ1) is 14.7. The summed E-state index contributed by atoms with van der Waals surface area (Å²) in [7, 11) is 3.61. The van der Waals surface area contributed by atoms with E-state index < -0.39 is 0 Å². The smallest absolute Gasteiger partial charge is 0.172 e. The topological polar surface area (TPSA) is 71.1 Å². The van der Waals surface area contributed by atoms with Crippen molar-refractivity contribution in [2.24, 2.45) is 10.9 Å². The summed E-state index contributed by atoms with van der Waals surface area (Å²) in [6.45, 7) is 0.708. The first-order chi connectivity index (χ1) is 10.2. The molecule has 110 valence electrons. The summed E-state index contributed by atoms with van der Waals surface area (Å²) in [5.41, 5.74) is 8.48. The lowest BCUT2D eigenvalue weighted by atomic mass is 10.1. The van der Waals surface area contributed by atoms with E-state index in [-0.39, 0.29) is 5.84 Å². The van der Waals surface area contributed by atoms with Gasteiger partial charge in [-0.2, -0.15) is 0 Å². The number of hydrogen-bond acceptors (Lipinski definition) is 4. The molecular formula is C16H19N3O2.